The molecular weight excluding hydrogens is 252 g/mol. The third kappa shape index (κ3) is 3.03. The van der Waals surface area contributed by atoms with Gasteiger partial charge >= 0.3 is 0 Å². The van der Waals surface area contributed by atoms with Crippen LogP contribution in [-0.4, -0.2) is 25.0 Å². The second kappa shape index (κ2) is 5.64. The number of benzene rings is 1. The fourth-order valence-corrected chi connectivity index (χ4v) is 2.00. The molecule has 0 bridgehead atoms. The summed E-state index contributed by atoms with van der Waals surface area (Å²) in [5.41, 5.74) is 8.35. The molecule has 1 aromatic rings. The Morgan fingerprint density at radius 3 is 2.60 bits per heavy atom. The largest absolute Gasteiger partial charge is 0.329 e. The molecule has 2 N–H and O–H groups in total. The second-order valence-corrected chi connectivity index (χ2v) is 4.69. The van der Waals surface area contributed by atoms with Crippen molar-refractivity contribution < 1.29 is 0 Å². The van der Waals surface area contributed by atoms with Crippen LogP contribution in [0.3, 0.4) is 0 Å². The summed E-state index contributed by atoms with van der Waals surface area (Å²) >= 11 is 3.56. The zero-order valence-electron chi connectivity index (χ0n) is 9.63. The number of nitrogens with zero attached hydrogens (tertiary/aromatic N) is 1. The van der Waals surface area contributed by atoms with Gasteiger partial charge in [-0.15, -0.1) is 0 Å². The van der Waals surface area contributed by atoms with Gasteiger partial charge in [-0.25, -0.2) is 0 Å². The first-order valence-corrected chi connectivity index (χ1v) is 6.05. The summed E-state index contributed by atoms with van der Waals surface area (Å²) in [6.07, 6.45) is 0. The lowest BCUT2D eigenvalue weighted by Crippen LogP contribution is -2.30. The molecule has 2 nitrogen and oxygen atoms in total. The minimum Gasteiger partial charge on any atom is -0.329 e. The van der Waals surface area contributed by atoms with Crippen molar-refractivity contribution in [2.75, 3.05) is 20.1 Å². The van der Waals surface area contributed by atoms with Gasteiger partial charge in [-0.3, -0.25) is 4.90 Å². The standard InChI is InChI=1S/C12H19BrN2/c1-4-15(3)12(8-14)10-6-5-9(2)11(13)7-10/h5-7,12H,4,8,14H2,1-3H3. The number of halogens is 1. The normalized spacial score (nSPS) is 13.2. The molecule has 0 aliphatic rings. The molecule has 3 heteroatoms. The molecule has 1 atom stereocenters. The molecule has 0 amide bonds. The van der Waals surface area contributed by atoms with Crippen LogP contribution >= 0.6 is 15.9 Å². The first-order chi connectivity index (χ1) is 7.10. The first-order valence-electron chi connectivity index (χ1n) is 5.26. The highest BCUT2D eigenvalue weighted by molar-refractivity contribution is 9.10. The Morgan fingerprint density at radius 2 is 2.13 bits per heavy atom. The van der Waals surface area contributed by atoms with Gasteiger partial charge in [-0.05, 0) is 37.7 Å². The zero-order valence-corrected chi connectivity index (χ0v) is 11.2. The summed E-state index contributed by atoms with van der Waals surface area (Å²) in [4.78, 5) is 2.26. The molecule has 1 unspecified atom stereocenters. The van der Waals surface area contributed by atoms with Crippen LogP contribution in [0.4, 0.5) is 0 Å². The van der Waals surface area contributed by atoms with Gasteiger partial charge in [0.25, 0.3) is 0 Å². The van der Waals surface area contributed by atoms with Gasteiger partial charge in [0.15, 0.2) is 0 Å². The van der Waals surface area contributed by atoms with Gasteiger partial charge in [-0.1, -0.05) is 35.0 Å². The van der Waals surface area contributed by atoms with Gasteiger partial charge in [0.1, 0.15) is 0 Å². The van der Waals surface area contributed by atoms with Crippen molar-refractivity contribution in [1.82, 2.24) is 4.90 Å². The van der Waals surface area contributed by atoms with Gasteiger partial charge in [-0.2, -0.15) is 0 Å². The van der Waals surface area contributed by atoms with E-state index in [-0.39, 0.29) is 0 Å². The summed E-state index contributed by atoms with van der Waals surface area (Å²) in [7, 11) is 2.10. The quantitative estimate of drug-likeness (QED) is 0.912. The maximum Gasteiger partial charge on any atom is 0.0467 e. The molecule has 0 fully saturated rings. The van der Waals surface area contributed by atoms with Crippen LogP contribution in [0.15, 0.2) is 22.7 Å². The summed E-state index contributed by atoms with van der Waals surface area (Å²) in [5.74, 6) is 0. The molecule has 0 heterocycles. The van der Waals surface area contributed by atoms with E-state index in [1.165, 1.54) is 11.1 Å². The predicted octanol–water partition coefficient (Wildman–Crippen LogP) is 2.71. The molecule has 0 radical (unpaired) electrons. The summed E-state index contributed by atoms with van der Waals surface area (Å²) in [6.45, 7) is 5.90. The van der Waals surface area contributed by atoms with E-state index in [0.29, 0.717) is 12.6 Å². The summed E-state index contributed by atoms with van der Waals surface area (Å²) < 4.78 is 1.16. The summed E-state index contributed by atoms with van der Waals surface area (Å²) in [6, 6.07) is 6.76. The average molecular weight is 271 g/mol. The number of rotatable bonds is 4. The van der Waals surface area contributed by atoms with Crippen molar-refractivity contribution in [1.29, 1.82) is 0 Å². The Hall–Kier alpha value is -0.380. The molecule has 0 aromatic heterocycles. The van der Waals surface area contributed by atoms with Crippen LogP contribution in [0, 0.1) is 6.92 Å². The Kier molecular flexibility index (Phi) is 4.77. The Morgan fingerprint density at radius 1 is 1.47 bits per heavy atom. The molecule has 1 aromatic carbocycles. The molecule has 15 heavy (non-hydrogen) atoms. The second-order valence-electron chi connectivity index (χ2n) is 3.83. The molecule has 0 aliphatic heterocycles. The lowest BCUT2D eigenvalue weighted by atomic mass is 10.0. The molecule has 0 spiro atoms. The van der Waals surface area contributed by atoms with Gasteiger partial charge < -0.3 is 5.73 Å². The van der Waals surface area contributed by atoms with E-state index in [9.17, 15) is 0 Å². The van der Waals surface area contributed by atoms with E-state index in [0.717, 1.165) is 11.0 Å². The van der Waals surface area contributed by atoms with Crippen LogP contribution in [0.2, 0.25) is 0 Å². The molecule has 0 saturated carbocycles. The van der Waals surface area contributed by atoms with Crippen molar-refractivity contribution >= 4 is 15.9 Å². The zero-order chi connectivity index (χ0) is 11.4. The van der Waals surface area contributed by atoms with E-state index >= 15 is 0 Å². The van der Waals surface area contributed by atoms with Crippen molar-refractivity contribution in [3.63, 3.8) is 0 Å². The highest BCUT2D eigenvalue weighted by atomic mass is 79.9. The van der Waals surface area contributed by atoms with Crippen LogP contribution < -0.4 is 5.73 Å². The molecule has 1 rings (SSSR count). The highest BCUT2D eigenvalue weighted by Gasteiger charge is 2.14. The highest BCUT2D eigenvalue weighted by Crippen LogP contribution is 2.24. The van der Waals surface area contributed by atoms with Crippen LogP contribution in [0.25, 0.3) is 0 Å². The Bertz CT molecular complexity index is 325. The summed E-state index contributed by atoms with van der Waals surface area (Å²) in [5, 5.41) is 0. The van der Waals surface area contributed by atoms with Crippen molar-refractivity contribution in [3.05, 3.63) is 33.8 Å². The molecule has 0 aliphatic carbocycles. The van der Waals surface area contributed by atoms with Crippen LogP contribution in [0.1, 0.15) is 24.1 Å². The van der Waals surface area contributed by atoms with Crippen LogP contribution in [0.5, 0.6) is 0 Å². The van der Waals surface area contributed by atoms with E-state index in [1.54, 1.807) is 0 Å². The van der Waals surface area contributed by atoms with Crippen molar-refractivity contribution in [2.24, 2.45) is 5.73 Å². The number of nitrogens with two attached hydrogens (primary N) is 1. The molecule has 0 saturated heterocycles. The molecule has 84 valence electrons. The van der Waals surface area contributed by atoms with Gasteiger partial charge in [0, 0.05) is 17.1 Å². The van der Waals surface area contributed by atoms with E-state index in [4.69, 9.17) is 5.73 Å². The Balaban J connectivity index is 2.97. The fraction of sp³-hybridized carbons (Fsp3) is 0.500. The number of aryl methyl sites for hydroxylation is 1. The average Bonchev–Trinajstić information content (AvgIpc) is 2.24. The predicted molar refractivity (Wildman–Crippen MR) is 69.0 cm³/mol. The SMILES string of the molecule is CCN(C)C(CN)c1ccc(C)c(Br)c1. The number of hydrogen-bond acceptors (Lipinski definition) is 2. The first kappa shape index (κ1) is 12.7. The minimum absolute atomic E-state index is 0.312. The van der Waals surface area contributed by atoms with Gasteiger partial charge in [0.05, 0.1) is 0 Å². The number of likely N-dealkylation sites (N-methyl/N-ethyl adjacent to an activating group) is 1. The van der Waals surface area contributed by atoms with Crippen LogP contribution in [-0.2, 0) is 0 Å². The maximum absolute atomic E-state index is 5.81. The maximum atomic E-state index is 5.81. The number of hydrogen-bond donors (Lipinski definition) is 1. The minimum atomic E-state index is 0.312. The van der Waals surface area contributed by atoms with E-state index in [1.807, 2.05) is 0 Å². The van der Waals surface area contributed by atoms with E-state index < -0.39 is 0 Å². The Labute approximate surface area is 101 Å². The lowest BCUT2D eigenvalue weighted by Gasteiger charge is -2.26. The molecular formula is C12H19BrN2. The lowest BCUT2D eigenvalue weighted by molar-refractivity contribution is 0.263. The monoisotopic (exact) mass is 270 g/mol. The third-order valence-electron chi connectivity index (χ3n) is 2.83. The fourth-order valence-electron chi connectivity index (χ4n) is 1.61. The third-order valence-corrected chi connectivity index (χ3v) is 3.69. The van der Waals surface area contributed by atoms with Crippen molar-refractivity contribution in [2.45, 2.75) is 19.9 Å². The topological polar surface area (TPSA) is 29.3 Å². The van der Waals surface area contributed by atoms with E-state index in [2.05, 4.69) is 59.9 Å². The van der Waals surface area contributed by atoms with Gasteiger partial charge in [0.2, 0.25) is 0 Å². The smallest absolute Gasteiger partial charge is 0.0467 e. The van der Waals surface area contributed by atoms with Crippen molar-refractivity contribution in [3.8, 4) is 0 Å².